The Morgan fingerprint density at radius 1 is 1.23 bits per heavy atom. The first-order valence-corrected chi connectivity index (χ1v) is 11.2. The molecule has 0 fully saturated rings. The third-order valence-corrected chi connectivity index (χ3v) is 5.58. The summed E-state index contributed by atoms with van der Waals surface area (Å²) in [4.78, 5) is 23.2. The lowest BCUT2D eigenvalue weighted by Gasteiger charge is -2.22. The molecule has 0 radical (unpaired) electrons. The topological polar surface area (TPSA) is 134 Å². The maximum Gasteiger partial charge on any atom is 0.332 e. The van der Waals surface area contributed by atoms with E-state index >= 15 is 0 Å². The Morgan fingerprint density at radius 2 is 1.87 bits per heavy atom. The first kappa shape index (κ1) is 24.3. The lowest BCUT2D eigenvalue weighted by Crippen LogP contribution is -2.21. The molecule has 0 aliphatic carbocycles. The molecule has 0 aliphatic rings. The van der Waals surface area contributed by atoms with E-state index in [-0.39, 0.29) is 21.8 Å². The Morgan fingerprint density at radius 3 is 2.39 bits per heavy atom. The van der Waals surface area contributed by atoms with Gasteiger partial charge in [0.05, 0.1) is 15.1 Å². The van der Waals surface area contributed by atoms with Crippen LogP contribution in [0.25, 0.3) is 0 Å². The summed E-state index contributed by atoms with van der Waals surface area (Å²) in [5.41, 5.74) is 0.323. The maximum atomic E-state index is 13.3. The normalized spacial score (nSPS) is 11.5. The summed E-state index contributed by atoms with van der Waals surface area (Å²) in [6.07, 6.45) is 0. The quantitative estimate of drug-likeness (QED) is 0.221. The van der Waals surface area contributed by atoms with Gasteiger partial charge in [-0.15, -0.1) is 14.1 Å². The summed E-state index contributed by atoms with van der Waals surface area (Å²) in [6.45, 7) is 6.75. The van der Waals surface area contributed by atoms with Crippen molar-refractivity contribution >= 4 is 60.5 Å². The number of nitro groups is 1. The van der Waals surface area contributed by atoms with Crippen LogP contribution in [-0.2, 0) is 15.0 Å². The number of anilines is 2. The van der Waals surface area contributed by atoms with Crippen molar-refractivity contribution in [2.24, 2.45) is 10.2 Å². The third kappa shape index (κ3) is 6.04. The largest absolute Gasteiger partial charge is 0.372 e. The van der Waals surface area contributed by atoms with Crippen LogP contribution in [0.3, 0.4) is 0 Å². The lowest BCUT2D eigenvalue weighted by molar-refractivity contribution is -0.384. The van der Waals surface area contributed by atoms with E-state index < -0.39 is 25.7 Å². The zero-order valence-electron chi connectivity index (χ0n) is 16.8. The molecule has 2 aromatic carbocycles. The molecule has 0 atom stereocenters. The number of benzene rings is 2. The van der Waals surface area contributed by atoms with Crippen LogP contribution in [0.15, 0.2) is 49.9 Å². The van der Waals surface area contributed by atoms with Crippen LogP contribution in [0.5, 0.6) is 0 Å². The minimum atomic E-state index is -5.16. The van der Waals surface area contributed by atoms with Crippen LogP contribution in [0, 0.1) is 10.1 Å². The molecule has 0 bridgehead atoms. The summed E-state index contributed by atoms with van der Waals surface area (Å²) in [7, 11) is -5.16. The average Bonchev–Trinajstić information content (AvgIpc) is 2.67. The molecule has 10 nitrogen and oxygen atoms in total. The molecule has 0 aliphatic heterocycles. The molecule has 31 heavy (non-hydrogen) atoms. The summed E-state index contributed by atoms with van der Waals surface area (Å²) < 4.78 is 35.4. The molecule has 0 spiro atoms. The monoisotopic (exact) mass is 515 g/mol. The smallest absolute Gasteiger partial charge is 0.332 e. The molecule has 1 N–H and O–H groups in total. The summed E-state index contributed by atoms with van der Waals surface area (Å²) in [5, 5.41) is 21.9. The molecule has 2 rings (SSSR count). The summed E-state index contributed by atoms with van der Waals surface area (Å²) >= 11 is 2.97. The number of nitrogens with zero attached hydrogens (tertiary/aromatic N) is 4. The van der Waals surface area contributed by atoms with Crippen LogP contribution in [0.2, 0.25) is 0 Å². The summed E-state index contributed by atoms with van der Waals surface area (Å²) in [5.74, 6) is -0.349. The second-order valence-corrected chi connectivity index (χ2v) is 8.42. The van der Waals surface area contributed by atoms with Crippen LogP contribution >= 0.6 is 15.9 Å². The van der Waals surface area contributed by atoms with Gasteiger partial charge in [-0.05, 0) is 54.0 Å². The van der Waals surface area contributed by atoms with Gasteiger partial charge in [-0.2, -0.15) is 8.42 Å². The fourth-order valence-corrected chi connectivity index (χ4v) is 3.92. The molecule has 1 amide bonds. The number of azo groups is 1. The zero-order valence-corrected chi connectivity index (χ0v) is 19.2. The predicted molar refractivity (Wildman–Crippen MR) is 118 cm³/mol. The van der Waals surface area contributed by atoms with E-state index in [2.05, 4.69) is 31.5 Å². The molecular formula is C18H19BrFN5O5S. The van der Waals surface area contributed by atoms with E-state index in [1.807, 2.05) is 18.7 Å². The number of amides is 1. The second kappa shape index (κ2) is 9.92. The Bertz CT molecular complexity index is 1150. The van der Waals surface area contributed by atoms with Crippen molar-refractivity contribution in [1.82, 2.24) is 0 Å². The van der Waals surface area contributed by atoms with Gasteiger partial charge < -0.3 is 10.2 Å². The number of nitro benzene ring substituents is 1. The van der Waals surface area contributed by atoms with Crippen molar-refractivity contribution in [3.05, 3.63) is 44.9 Å². The van der Waals surface area contributed by atoms with E-state index in [0.717, 1.165) is 24.8 Å². The lowest BCUT2D eigenvalue weighted by atomic mass is 10.2. The highest BCUT2D eigenvalue weighted by Crippen LogP contribution is 2.40. The Balaban J connectivity index is 2.58. The van der Waals surface area contributed by atoms with Crippen LogP contribution in [0.1, 0.15) is 20.8 Å². The van der Waals surface area contributed by atoms with E-state index in [0.29, 0.717) is 11.8 Å². The van der Waals surface area contributed by atoms with Crippen molar-refractivity contribution in [2.75, 3.05) is 23.3 Å². The van der Waals surface area contributed by atoms with Gasteiger partial charge >= 0.3 is 10.2 Å². The van der Waals surface area contributed by atoms with E-state index in [9.17, 15) is 27.2 Å². The first-order chi connectivity index (χ1) is 14.5. The number of rotatable bonds is 8. The molecule has 166 valence electrons. The van der Waals surface area contributed by atoms with Crippen LogP contribution < -0.4 is 10.2 Å². The second-order valence-electron chi connectivity index (χ2n) is 6.22. The molecule has 0 aromatic heterocycles. The van der Waals surface area contributed by atoms with Gasteiger partial charge in [0.15, 0.2) is 5.69 Å². The fourth-order valence-electron chi connectivity index (χ4n) is 2.73. The Kier molecular flexibility index (Phi) is 7.79. The van der Waals surface area contributed by atoms with Crippen molar-refractivity contribution in [1.29, 1.82) is 0 Å². The van der Waals surface area contributed by atoms with Crippen LogP contribution in [0.4, 0.5) is 32.3 Å². The molecule has 0 saturated carbocycles. The van der Waals surface area contributed by atoms with Crippen LogP contribution in [-0.4, -0.2) is 32.3 Å². The molecule has 0 saturated heterocycles. The van der Waals surface area contributed by atoms with Crippen molar-refractivity contribution in [3.63, 3.8) is 0 Å². The molecule has 0 unspecified atom stereocenters. The van der Waals surface area contributed by atoms with Gasteiger partial charge in [-0.25, -0.2) is 0 Å². The van der Waals surface area contributed by atoms with Gasteiger partial charge in [0.2, 0.25) is 5.91 Å². The highest BCUT2D eigenvalue weighted by Gasteiger charge is 2.24. The summed E-state index contributed by atoms with van der Waals surface area (Å²) in [6, 6.07) is 6.46. The van der Waals surface area contributed by atoms with Gasteiger partial charge in [-0.3, -0.25) is 14.9 Å². The molecular weight excluding hydrogens is 497 g/mol. The van der Waals surface area contributed by atoms with E-state index in [4.69, 9.17) is 0 Å². The minimum absolute atomic E-state index is 0.137. The number of nitrogens with one attached hydrogen (secondary N) is 1. The predicted octanol–water partition coefficient (Wildman–Crippen LogP) is 5.24. The maximum absolute atomic E-state index is 13.3. The average molecular weight is 516 g/mol. The zero-order chi connectivity index (χ0) is 23.3. The van der Waals surface area contributed by atoms with Crippen molar-refractivity contribution in [3.8, 4) is 0 Å². The van der Waals surface area contributed by atoms with E-state index in [1.54, 1.807) is 18.2 Å². The molecule has 0 heterocycles. The number of halogens is 2. The van der Waals surface area contributed by atoms with Gasteiger partial charge in [0.25, 0.3) is 5.69 Å². The minimum Gasteiger partial charge on any atom is -0.372 e. The molecule has 13 heteroatoms. The van der Waals surface area contributed by atoms with Gasteiger partial charge in [0.1, 0.15) is 10.6 Å². The van der Waals surface area contributed by atoms with Crippen molar-refractivity contribution < 1.29 is 22.0 Å². The number of hydrogen-bond acceptors (Lipinski definition) is 8. The van der Waals surface area contributed by atoms with Gasteiger partial charge in [-0.1, -0.05) is 0 Å². The standard InChI is InChI=1S/C18H19BrFN5O5S/c1-4-24(5-2)12-6-7-15(16(8-12)21-11(3)26)22-23-18-14(19)9-13(31(20,29)30)10-17(18)25(27)28/h6-10H,4-5H2,1-3H3,(H,21,26)/b23-22+. The fraction of sp³-hybridized carbons (Fsp3) is 0.278. The van der Waals surface area contributed by atoms with Crippen molar-refractivity contribution in [2.45, 2.75) is 25.7 Å². The highest BCUT2D eigenvalue weighted by atomic mass is 79.9. The SMILES string of the molecule is CCN(CC)c1ccc(/N=N/c2c(Br)cc(S(=O)(=O)F)cc2[N+](=O)[O-])c(NC(C)=O)c1. The highest BCUT2D eigenvalue weighted by molar-refractivity contribution is 9.10. The number of carbonyl (C=O) groups excluding carboxylic acids is 1. The number of hydrogen-bond donors (Lipinski definition) is 1. The molecule has 2 aromatic rings. The van der Waals surface area contributed by atoms with E-state index in [1.165, 1.54) is 6.92 Å². The number of carbonyl (C=O) groups is 1. The Hall–Kier alpha value is -2.93. The first-order valence-electron chi connectivity index (χ1n) is 8.98. The third-order valence-electron chi connectivity index (χ3n) is 4.17. The Labute approximate surface area is 186 Å². The van der Waals surface area contributed by atoms with Gasteiger partial charge in [0, 0.05) is 31.8 Å².